The number of carbonyl (C=O) groups is 1. The van der Waals surface area contributed by atoms with Gasteiger partial charge < -0.3 is 25.0 Å². The number of nitro groups is 1. The number of nitrogens with one attached hydrogen (secondary N) is 3. The SMILES string of the molecule is CC1CCC(O)(CNc2ccc(S(=O)(=O)NC(=O)c3ccc(N4CC5(CC(N6CCCC6c6ccccc6C6CC6)C5)C4)cc3Oc3cnc4[nH]ccc4c3)cc2[N+](=O)[O-])CC1. The van der Waals surface area contributed by atoms with E-state index in [9.17, 15) is 28.4 Å². The molecular weight excluding hydrogens is 807 g/mol. The maximum absolute atomic E-state index is 13.9. The molecule has 1 unspecified atom stereocenters. The normalized spacial score (nSPS) is 23.8. The molecule has 3 saturated carbocycles. The molecule has 0 bridgehead atoms. The van der Waals surface area contributed by atoms with Crippen molar-refractivity contribution < 1.29 is 28.0 Å². The minimum atomic E-state index is -4.58. The van der Waals surface area contributed by atoms with Crippen molar-refractivity contribution in [1.29, 1.82) is 0 Å². The monoisotopic (exact) mass is 859 g/mol. The first-order valence-corrected chi connectivity index (χ1v) is 23.5. The van der Waals surface area contributed by atoms with Gasteiger partial charge in [0.2, 0.25) is 0 Å². The lowest BCUT2D eigenvalue weighted by molar-refractivity contribution is -0.384. The first-order valence-electron chi connectivity index (χ1n) is 22.0. The highest BCUT2D eigenvalue weighted by atomic mass is 32.2. The average Bonchev–Trinajstić information content (AvgIpc) is 3.78. The molecule has 324 valence electrons. The zero-order chi connectivity index (χ0) is 42.8. The molecule has 4 N–H and O–H groups in total. The topological polar surface area (TPSA) is 183 Å². The molecule has 4 heterocycles. The first kappa shape index (κ1) is 40.6. The smallest absolute Gasteiger partial charge is 0.293 e. The van der Waals surface area contributed by atoms with Crippen molar-refractivity contribution in [3.8, 4) is 11.5 Å². The van der Waals surface area contributed by atoms with E-state index in [0.29, 0.717) is 42.2 Å². The van der Waals surface area contributed by atoms with E-state index in [0.717, 1.165) is 68.4 Å². The van der Waals surface area contributed by atoms with E-state index >= 15 is 0 Å². The second kappa shape index (κ2) is 15.7. The second-order valence-corrected chi connectivity index (χ2v) is 20.4. The zero-order valence-corrected chi connectivity index (χ0v) is 35.7. The van der Waals surface area contributed by atoms with Crippen molar-refractivity contribution in [2.75, 3.05) is 36.4 Å². The predicted molar refractivity (Wildman–Crippen MR) is 236 cm³/mol. The number of rotatable bonds is 13. The van der Waals surface area contributed by atoms with Crippen LogP contribution in [0.15, 0.2) is 90.1 Å². The molecule has 2 saturated heterocycles. The Bertz CT molecular complexity index is 2640. The van der Waals surface area contributed by atoms with Gasteiger partial charge in [0.15, 0.2) is 0 Å². The maximum atomic E-state index is 13.9. The summed E-state index contributed by atoms with van der Waals surface area (Å²) in [5.41, 5.74) is 3.38. The molecule has 1 atom stereocenters. The summed E-state index contributed by atoms with van der Waals surface area (Å²) in [5.74, 6) is 0.784. The predicted octanol–water partition coefficient (Wildman–Crippen LogP) is 8.42. The number of fused-ring (bicyclic) bond motifs is 1. The molecule has 0 radical (unpaired) electrons. The second-order valence-electron chi connectivity index (χ2n) is 18.7. The van der Waals surface area contributed by atoms with E-state index in [4.69, 9.17) is 4.74 Å². The number of aliphatic hydroxyl groups is 1. The molecule has 3 aliphatic carbocycles. The Labute approximate surface area is 361 Å². The number of anilines is 2. The summed E-state index contributed by atoms with van der Waals surface area (Å²) < 4.78 is 35.9. The van der Waals surface area contributed by atoms with E-state index in [1.54, 1.807) is 30.0 Å². The molecule has 15 heteroatoms. The number of nitrogens with zero attached hydrogens (tertiary/aromatic N) is 4. The molecule has 62 heavy (non-hydrogen) atoms. The quantitative estimate of drug-likeness (QED) is 0.0659. The fourth-order valence-corrected chi connectivity index (χ4v) is 11.5. The van der Waals surface area contributed by atoms with Crippen molar-refractivity contribution >= 4 is 44.0 Å². The molecule has 3 aromatic carbocycles. The number of ether oxygens (including phenoxy) is 1. The molecule has 1 amide bonds. The Kier molecular flexibility index (Phi) is 10.3. The summed E-state index contributed by atoms with van der Waals surface area (Å²) >= 11 is 0. The van der Waals surface area contributed by atoms with Crippen molar-refractivity contribution in [3.05, 3.63) is 112 Å². The number of likely N-dealkylation sites (tertiary alicyclic amines) is 1. The lowest BCUT2D eigenvalue weighted by Gasteiger charge is -2.62. The van der Waals surface area contributed by atoms with Crippen LogP contribution in [0.3, 0.4) is 0 Å². The average molecular weight is 860 g/mol. The van der Waals surface area contributed by atoms with E-state index in [1.807, 2.05) is 12.1 Å². The lowest BCUT2D eigenvalue weighted by atomic mass is 9.60. The molecule has 1 spiro atoms. The highest BCUT2D eigenvalue weighted by Gasteiger charge is 2.55. The number of amides is 1. The summed E-state index contributed by atoms with van der Waals surface area (Å²) in [7, 11) is -4.58. The third kappa shape index (κ3) is 7.90. The lowest BCUT2D eigenvalue weighted by Crippen LogP contribution is -2.66. The highest BCUT2D eigenvalue weighted by molar-refractivity contribution is 7.90. The molecular formula is C47H53N7O7S. The summed E-state index contributed by atoms with van der Waals surface area (Å²) in [5, 5.41) is 27.0. The summed E-state index contributed by atoms with van der Waals surface area (Å²) in [6, 6.07) is 22.3. The third-order valence-corrected chi connectivity index (χ3v) is 15.5. The van der Waals surface area contributed by atoms with Crippen molar-refractivity contribution in [1.82, 2.24) is 19.6 Å². The van der Waals surface area contributed by atoms with E-state index in [-0.39, 0.29) is 29.0 Å². The number of H-pyrrole nitrogens is 1. The minimum absolute atomic E-state index is 0.0279. The number of pyridine rings is 1. The number of carbonyl (C=O) groups excluding carboxylic acids is 1. The van der Waals surface area contributed by atoms with Crippen LogP contribution in [0, 0.1) is 21.4 Å². The van der Waals surface area contributed by atoms with Gasteiger partial charge in [0, 0.05) is 66.5 Å². The van der Waals surface area contributed by atoms with E-state index in [1.165, 1.54) is 49.6 Å². The Hall–Kier alpha value is -5.51. The number of hydrogen-bond donors (Lipinski definition) is 4. The van der Waals surface area contributed by atoms with Crippen LogP contribution in [-0.4, -0.2) is 77.0 Å². The summed E-state index contributed by atoms with van der Waals surface area (Å²) in [6.07, 6.45) is 13.5. The number of hydrogen-bond acceptors (Lipinski definition) is 11. The van der Waals surface area contributed by atoms with Gasteiger partial charge in [-0.05, 0) is 130 Å². The van der Waals surface area contributed by atoms with Crippen molar-refractivity contribution in [2.45, 2.75) is 99.6 Å². The molecule has 5 aliphatic rings. The number of aromatic nitrogens is 2. The molecule has 10 rings (SSSR count). The fraction of sp³-hybridized carbons (Fsp3) is 0.447. The minimum Gasteiger partial charge on any atom is -0.455 e. The van der Waals surface area contributed by atoms with E-state index in [2.05, 4.69) is 61.0 Å². The number of sulfonamides is 1. The molecule has 5 aromatic rings. The van der Waals surface area contributed by atoms with Crippen LogP contribution >= 0.6 is 0 Å². The fourth-order valence-electron chi connectivity index (χ4n) is 10.6. The van der Waals surface area contributed by atoms with Crippen LogP contribution in [0.1, 0.15) is 105 Å². The van der Waals surface area contributed by atoms with Gasteiger partial charge in [0.1, 0.15) is 22.8 Å². The summed E-state index contributed by atoms with van der Waals surface area (Å²) in [6.45, 7) is 5.10. The molecule has 5 fully saturated rings. The first-order chi connectivity index (χ1) is 29.8. The Morgan fingerprint density at radius 1 is 1.00 bits per heavy atom. The Morgan fingerprint density at radius 2 is 1.77 bits per heavy atom. The van der Waals surface area contributed by atoms with Crippen LogP contribution in [0.2, 0.25) is 0 Å². The standard InChI is InChI=1S/C47H53N7O7S/c1-30-14-17-47(56,18-15-30)27-50-40-13-11-36(23-42(40)54(57)58)62(59,60)51-45(55)39-12-10-33(22-43(39)61-35-21-32-16-19-48-44(32)49-26-35)52-28-46(29-52)24-34(25-46)53-20-4-7-41(53)38-6-3-2-5-37(38)31-8-9-31/h2-3,5-6,10-13,16,19,21-23,26,30-31,34,41,50,56H,4,7-9,14-15,17-18,20,24-25,27-29H2,1H3,(H,48,49)(H,51,55). The van der Waals surface area contributed by atoms with Crippen LogP contribution in [0.25, 0.3) is 11.0 Å². The Balaban J connectivity index is 0.847. The number of benzene rings is 3. The van der Waals surface area contributed by atoms with Gasteiger partial charge in [0.25, 0.3) is 21.6 Å². The largest absolute Gasteiger partial charge is 0.455 e. The number of aromatic amines is 1. The molecule has 14 nitrogen and oxygen atoms in total. The van der Waals surface area contributed by atoms with Crippen molar-refractivity contribution in [2.24, 2.45) is 11.3 Å². The highest BCUT2D eigenvalue weighted by Crippen LogP contribution is 2.55. The third-order valence-electron chi connectivity index (χ3n) is 14.2. The Morgan fingerprint density at radius 3 is 2.53 bits per heavy atom. The van der Waals surface area contributed by atoms with Gasteiger partial charge in [0.05, 0.1) is 27.2 Å². The van der Waals surface area contributed by atoms with Crippen LogP contribution < -0.4 is 19.7 Å². The van der Waals surface area contributed by atoms with Gasteiger partial charge in [-0.15, -0.1) is 0 Å². The van der Waals surface area contributed by atoms with Crippen LogP contribution in [-0.2, 0) is 10.0 Å². The van der Waals surface area contributed by atoms with Gasteiger partial charge in [-0.1, -0.05) is 31.2 Å². The van der Waals surface area contributed by atoms with E-state index < -0.39 is 37.0 Å². The van der Waals surface area contributed by atoms with Gasteiger partial charge >= 0.3 is 0 Å². The van der Waals surface area contributed by atoms with Crippen LogP contribution in [0.5, 0.6) is 11.5 Å². The summed E-state index contributed by atoms with van der Waals surface area (Å²) in [4.78, 5) is 37.5. The van der Waals surface area contributed by atoms with Gasteiger partial charge in [-0.25, -0.2) is 18.1 Å². The van der Waals surface area contributed by atoms with Gasteiger partial charge in [-0.3, -0.25) is 19.8 Å². The van der Waals surface area contributed by atoms with Crippen LogP contribution in [0.4, 0.5) is 17.1 Å². The number of nitro benzene ring substituents is 1. The molecule has 2 aliphatic heterocycles. The maximum Gasteiger partial charge on any atom is 0.293 e. The molecule has 2 aromatic heterocycles. The zero-order valence-electron chi connectivity index (χ0n) is 34.9. The van der Waals surface area contributed by atoms with Gasteiger partial charge in [-0.2, -0.15) is 0 Å². The van der Waals surface area contributed by atoms with Crippen molar-refractivity contribution in [3.63, 3.8) is 0 Å².